The van der Waals surface area contributed by atoms with Gasteiger partial charge in [0.05, 0.1) is 11.4 Å². The molecule has 0 saturated heterocycles. The van der Waals surface area contributed by atoms with Crippen molar-refractivity contribution in [1.82, 2.24) is 0 Å². The van der Waals surface area contributed by atoms with Crippen LogP contribution in [0.3, 0.4) is 0 Å². The minimum absolute atomic E-state index is 0.251. The van der Waals surface area contributed by atoms with Gasteiger partial charge < -0.3 is 10.6 Å². The summed E-state index contributed by atoms with van der Waals surface area (Å²) in [5, 5.41) is 7.79. The summed E-state index contributed by atoms with van der Waals surface area (Å²) >= 11 is 0. The van der Waals surface area contributed by atoms with Crippen LogP contribution >= 0.6 is 0 Å². The van der Waals surface area contributed by atoms with Gasteiger partial charge in [-0.15, -0.1) is 0 Å². The highest BCUT2D eigenvalue weighted by atomic mass is 14.9. The van der Waals surface area contributed by atoms with E-state index in [1.807, 2.05) is 0 Å². The summed E-state index contributed by atoms with van der Waals surface area (Å²) in [4.78, 5) is 10.9. The number of para-hydroxylation sites is 4. The first-order chi connectivity index (χ1) is 34.4. The molecule has 4 heteroatoms. The summed E-state index contributed by atoms with van der Waals surface area (Å²) in [7, 11) is 0. The maximum absolute atomic E-state index is 5.43. The third kappa shape index (κ3) is 11.9. The highest BCUT2D eigenvalue weighted by Gasteiger charge is 2.22. The monoisotopic (exact) mass is 955 g/mol. The molecule has 0 aromatic heterocycles. The molecule has 0 radical (unpaired) electrons. The van der Waals surface area contributed by atoms with Crippen molar-refractivity contribution in [2.24, 2.45) is 9.98 Å². The van der Waals surface area contributed by atoms with E-state index in [0.717, 1.165) is 33.9 Å². The summed E-state index contributed by atoms with van der Waals surface area (Å²) in [6, 6.07) is 49.1. The molecular weight excluding hydrogens is 873 g/mol. The lowest BCUT2D eigenvalue weighted by atomic mass is 9.84. The molecule has 0 aliphatic carbocycles. The molecule has 7 rings (SSSR count). The van der Waals surface area contributed by atoms with E-state index in [1.54, 1.807) is 0 Å². The molecule has 72 heavy (non-hydrogen) atoms. The first-order valence-electron chi connectivity index (χ1n) is 26.9. The Morgan fingerprint density at radius 3 is 0.847 bits per heavy atom. The fourth-order valence-electron chi connectivity index (χ4n) is 10.1. The van der Waals surface area contributed by atoms with Crippen LogP contribution in [0, 0.1) is 0 Å². The van der Waals surface area contributed by atoms with Gasteiger partial charge in [0.15, 0.2) is 0 Å². The van der Waals surface area contributed by atoms with Crippen molar-refractivity contribution in [2.45, 2.75) is 158 Å². The van der Waals surface area contributed by atoms with Gasteiger partial charge in [0.25, 0.3) is 0 Å². The molecule has 0 saturated carbocycles. The van der Waals surface area contributed by atoms with Crippen LogP contribution in [0.15, 0.2) is 143 Å². The van der Waals surface area contributed by atoms with E-state index in [0.29, 0.717) is 23.7 Å². The van der Waals surface area contributed by atoms with Gasteiger partial charge in [0.2, 0.25) is 0 Å². The molecule has 0 spiro atoms. The Balaban J connectivity index is 1.29. The number of aliphatic imine (C=N–C) groups is 2. The molecule has 2 N–H and O–H groups in total. The van der Waals surface area contributed by atoms with Crippen molar-refractivity contribution >= 4 is 46.6 Å². The molecule has 0 bridgehead atoms. The maximum Gasteiger partial charge on any atom is 0.0699 e. The Labute approximate surface area is 434 Å². The van der Waals surface area contributed by atoms with Gasteiger partial charge in [-0.3, -0.25) is 9.98 Å². The van der Waals surface area contributed by atoms with Gasteiger partial charge in [0, 0.05) is 46.3 Å². The molecule has 0 amide bonds. The van der Waals surface area contributed by atoms with Crippen LogP contribution in [0.1, 0.15) is 214 Å². The zero-order valence-corrected chi connectivity index (χ0v) is 46.4. The van der Waals surface area contributed by atoms with Crippen LogP contribution in [0.5, 0.6) is 0 Å². The highest BCUT2D eigenvalue weighted by Crippen LogP contribution is 2.45. The topological polar surface area (TPSA) is 48.8 Å². The van der Waals surface area contributed by atoms with E-state index < -0.39 is 0 Å². The van der Waals surface area contributed by atoms with Gasteiger partial charge in [-0.25, -0.2) is 0 Å². The van der Waals surface area contributed by atoms with Gasteiger partial charge in [0.1, 0.15) is 0 Å². The maximum atomic E-state index is 5.43. The molecule has 374 valence electrons. The zero-order chi connectivity index (χ0) is 52.0. The number of nitrogens with zero attached hydrogens (tertiary/aromatic N) is 2. The average molecular weight is 955 g/mol. The summed E-state index contributed by atoms with van der Waals surface area (Å²) in [6.45, 7) is 36.6. The fourth-order valence-corrected chi connectivity index (χ4v) is 10.1. The first kappa shape index (κ1) is 53.3. The van der Waals surface area contributed by atoms with Gasteiger partial charge in [-0.1, -0.05) is 208 Å². The Bertz CT molecular complexity index is 2730. The summed E-state index contributed by atoms with van der Waals surface area (Å²) < 4.78 is 0. The predicted octanol–water partition coefficient (Wildman–Crippen LogP) is 21.0. The van der Waals surface area contributed by atoms with Crippen LogP contribution < -0.4 is 10.6 Å². The molecule has 7 aromatic carbocycles. The van der Waals surface area contributed by atoms with E-state index in [2.05, 4.69) is 267 Å². The minimum Gasteiger partial charge on any atom is -0.355 e. The number of anilines is 4. The van der Waals surface area contributed by atoms with Gasteiger partial charge in [-0.2, -0.15) is 0 Å². The SMILES string of the molecule is CC(C)c1cc(-c2ccccc2-c2cc(C(C)C)c(N=Cc3ccccc3Nc3c(C(C)C)cccc3C(C)C)c(C(C)C)c2)cc(C(C)C)c1N=Cc1ccccc1Nc1c(C(C)C)cccc1C(C)C. The van der Waals surface area contributed by atoms with E-state index >= 15 is 0 Å². The van der Waals surface area contributed by atoms with Crippen LogP contribution in [-0.2, 0) is 0 Å². The van der Waals surface area contributed by atoms with E-state index in [9.17, 15) is 0 Å². The van der Waals surface area contributed by atoms with Crippen molar-refractivity contribution in [3.8, 4) is 22.3 Å². The summed E-state index contributed by atoms with van der Waals surface area (Å²) in [5.41, 5.74) is 24.0. The number of benzene rings is 7. The van der Waals surface area contributed by atoms with Crippen LogP contribution in [0.25, 0.3) is 22.3 Å². The molecule has 4 nitrogen and oxygen atoms in total. The smallest absolute Gasteiger partial charge is 0.0699 e. The largest absolute Gasteiger partial charge is 0.355 e. The number of hydrogen-bond acceptors (Lipinski definition) is 4. The molecule has 0 fully saturated rings. The first-order valence-corrected chi connectivity index (χ1v) is 26.9. The second kappa shape index (κ2) is 23.4. The van der Waals surface area contributed by atoms with Crippen molar-refractivity contribution < 1.29 is 0 Å². The van der Waals surface area contributed by atoms with E-state index in [4.69, 9.17) is 9.98 Å². The Kier molecular flexibility index (Phi) is 17.3. The lowest BCUT2D eigenvalue weighted by molar-refractivity contribution is 0.835. The average Bonchev–Trinajstić information content (AvgIpc) is 3.35. The summed E-state index contributed by atoms with van der Waals surface area (Å²) in [5.74, 6) is 2.56. The van der Waals surface area contributed by atoms with Gasteiger partial charge in [-0.05, 0) is 151 Å². The fraction of sp³-hybridized carbons (Fsp3) is 0.353. The van der Waals surface area contributed by atoms with E-state index in [-0.39, 0.29) is 23.7 Å². The third-order valence-electron chi connectivity index (χ3n) is 14.2. The Hall–Kier alpha value is -6.52. The quantitative estimate of drug-likeness (QED) is 0.0842. The standard InChI is InChI=1S/C68H82N4/c1-41(2)53-29-23-30-54(42(3)4)67(53)71-63-33-21-17-25-49(63)39-69-65-59(45(9)10)35-51(36-60(65)46(11)12)57-27-19-20-28-58(57)52-37-61(47(13)14)66(62(38-52)48(15)16)70-40-50-26-18-22-34-64(50)72-68-55(43(5)6)31-24-32-56(68)44(7)8/h17-48,71-72H,1-16H3. The van der Waals surface area contributed by atoms with Crippen LogP contribution in [-0.4, -0.2) is 12.4 Å². The molecule has 0 atom stereocenters. The third-order valence-corrected chi connectivity index (χ3v) is 14.2. The van der Waals surface area contributed by atoms with Crippen molar-refractivity contribution in [2.75, 3.05) is 10.6 Å². The van der Waals surface area contributed by atoms with E-state index in [1.165, 1.54) is 78.1 Å². The molecular formula is C68H82N4. The second-order valence-electron chi connectivity index (χ2n) is 22.4. The van der Waals surface area contributed by atoms with Crippen molar-refractivity contribution in [3.63, 3.8) is 0 Å². The highest BCUT2D eigenvalue weighted by molar-refractivity contribution is 5.94. The van der Waals surface area contributed by atoms with Gasteiger partial charge >= 0.3 is 0 Å². The molecule has 0 aliphatic heterocycles. The van der Waals surface area contributed by atoms with Crippen LogP contribution in [0.2, 0.25) is 0 Å². The van der Waals surface area contributed by atoms with Crippen molar-refractivity contribution in [3.05, 3.63) is 189 Å². The van der Waals surface area contributed by atoms with Crippen LogP contribution in [0.4, 0.5) is 34.1 Å². The molecule has 0 heterocycles. The number of hydrogen-bond donors (Lipinski definition) is 2. The Morgan fingerprint density at radius 2 is 0.569 bits per heavy atom. The summed E-state index contributed by atoms with van der Waals surface area (Å²) in [6.07, 6.45) is 4.15. The molecule has 0 unspecified atom stereocenters. The lowest BCUT2D eigenvalue weighted by Crippen LogP contribution is -2.05. The zero-order valence-electron chi connectivity index (χ0n) is 46.4. The minimum atomic E-state index is 0.251. The predicted molar refractivity (Wildman–Crippen MR) is 317 cm³/mol. The number of nitrogens with one attached hydrogen (secondary N) is 2. The lowest BCUT2D eigenvalue weighted by Gasteiger charge is -2.23. The second-order valence-corrected chi connectivity index (χ2v) is 22.4. The number of rotatable bonds is 18. The Morgan fingerprint density at radius 1 is 0.306 bits per heavy atom. The normalized spacial score (nSPS) is 12.2. The molecule has 7 aromatic rings. The molecule has 0 aliphatic rings. The van der Waals surface area contributed by atoms with Crippen molar-refractivity contribution in [1.29, 1.82) is 0 Å².